The maximum Gasteiger partial charge on any atom is 0.220 e. The molecule has 1 amide bonds. The topological polar surface area (TPSA) is 58.4 Å². The first-order chi connectivity index (χ1) is 11.2. The molecule has 2 saturated heterocycles. The van der Waals surface area contributed by atoms with Gasteiger partial charge in [0.1, 0.15) is 5.65 Å². The average molecular weight is 312 g/mol. The van der Waals surface area contributed by atoms with Crippen LogP contribution < -0.4 is 10.6 Å². The Labute approximate surface area is 136 Å². The summed E-state index contributed by atoms with van der Waals surface area (Å²) in [4.78, 5) is 16.8. The van der Waals surface area contributed by atoms with E-state index in [0.717, 1.165) is 29.9 Å². The molecule has 0 spiro atoms. The van der Waals surface area contributed by atoms with Crippen LogP contribution in [0.15, 0.2) is 24.4 Å². The van der Waals surface area contributed by atoms with Crippen molar-refractivity contribution in [2.45, 2.75) is 57.7 Å². The van der Waals surface area contributed by atoms with Crippen LogP contribution >= 0.6 is 0 Å². The predicted molar refractivity (Wildman–Crippen MR) is 89.1 cm³/mol. The van der Waals surface area contributed by atoms with Crippen LogP contribution in [0.3, 0.4) is 0 Å². The van der Waals surface area contributed by atoms with E-state index in [4.69, 9.17) is 0 Å². The normalized spacial score (nSPS) is 26.6. The van der Waals surface area contributed by atoms with Crippen LogP contribution in [0.4, 0.5) is 0 Å². The Hall–Kier alpha value is -1.88. The number of nitrogens with one attached hydrogen (secondary N) is 2. The lowest BCUT2D eigenvalue weighted by Gasteiger charge is -2.28. The minimum atomic E-state index is 0.157. The first kappa shape index (κ1) is 14.7. The maximum absolute atomic E-state index is 12.2. The van der Waals surface area contributed by atoms with Gasteiger partial charge in [0.05, 0.1) is 12.2 Å². The maximum atomic E-state index is 12.2. The second-order valence-electron chi connectivity index (χ2n) is 7.08. The smallest absolute Gasteiger partial charge is 0.220 e. The number of carbonyl (C=O) groups excluding carboxylic acids is 1. The number of fused-ring (bicyclic) bond motifs is 3. The summed E-state index contributed by atoms with van der Waals surface area (Å²) in [5.74, 6) is 0.696. The third kappa shape index (κ3) is 3.11. The van der Waals surface area contributed by atoms with Crippen LogP contribution in [-0.2, 0) is 11.3 Å². The third-order valence-corrected chi connectivity index (χ3v) is 5.26. The van der Waals surface area contributed by atoms with Crippen molar-refractivity contribution < 1.29 is 4.79 Å². The molecule has 2 aliphatic rings. The standard InChI is InChI=1S/C18H24N4O/c1-12-3-2-4-17-21-16(11-22(12)17)10-19-18(23)9-13-7-14-5-6-15(8-13)20-14/h2-4,11,13-15,20H,5-10H2,1H3,(H,19,23). The third-order valence-electron chi connectivity index (χ3n) is 5.26. The molecule has 0 aromatic carbocycles. The molecule has 0 saturated carbocycles. The van der Waals surface area contributed by atoms with Gasteiger partial charge in [-0.15, -0.1) is 0 Å². The second-order valence-corrected chi connectivity index (χ2v) is 7.08. The van der Waals surface area contributed by atoms with Crippen LogP contribution in [0.1, 0.15) is 43.5 Å². The quantitative estimate of drug-likeness (QED) is 0.910. The van der Waals surface area contributed by atoms with Gasteiger partial charge in [-0.2, -0.15) is 0 Å². The molecule has 23 heavy (non-hydrogen) atoms. The van der Waals surface area contributed by atoms with Crippen molar-refractivity contribution >= 4 is 11.6 Å². The van der Waals surface area contributed by atoms with E-state index in [2.05, 4.69) is 33.0 Å². The van der Waals surface area contributed by atoms with Crippen molar-refractivity contribution in [2.24, 2.45) is 5.92 Å². The van der Waals surface area contributed by atoms with Gasteiger partial charge in [-0.1, -0.05) is 6.07 Å². The van der Waals surface area contributed by atoms with Gasteiger partial charge < -0.3 is 15.0 Å². The van der Waals surface area contributed by atoms with Gasteiger partial charge in [-0.05, 0) is 50.7 Å². The average Bonchev–Trinajstić information content (AvgIpc) is 3.09. The van der Waals surface area contributed by atoms with E-state index in [1.165, 1.54) is 12.8 Å². The lowest BCUT2D eigenvalue weighted by atomic mass is 9.89. The Morgan fingerprint density at radius 1 is 1.35 bits per heavy atom. The summed E-state index contributed by atoms with van der Waals surface area (Å²) in [6, 6.07) is 7.35. The molecule has 0 radical (unpaired) electrons. The minimum absolute atomic E-state index is 0.157. The SMILES string of the molecule is Cc1cccc2nc(CNC(=O)CC3CC4CCC(C3)N4)cn12. The predicted octanol–water partition coefficient (Wildman–Crippen LogP) is 2.18. The summed E-state index contributed by atoms with van der Waals surface area (Å²) in [6.45, 7) is 2.57. The van der Waals surface area contributed by atoms with Gasteiger partial charge in [0.2, 0.25) is 5.91 Å². The number of hydrogen-bond acceptors (Lipinski definition) is 3. The van der Waals surface area contributed by atoms with Gasteiger partial charge >= 0.3 is 0 Å². The van der Waals surface area contributed by atoms with Gasteiger partial charge in [0, 0.05) is 30.4 Å². The summed E-state index contributed by atoms with van der Waals surface area (Å²) in [5.41, 5.74) is 3.00. The molecule has 2 unspecified atom stereocenters. The van der Waals surface area contributed by atoms with Crippen molar-refractivity contribution in [2.75, 3.05) is 0 Å². The summed E-state index contributed by atoms with van der Waals surface area (Å²) >= 11 is 0. The Morgan fingerprint density at radius 2 is 2.13 bits per heavy atom. The molecule has 5 heteroatoms. The number of rotatable bonds is 4. The summed E-state index contributed by atoms with van der Waals surface area (Å²) in [6.07, 6.45) is 7.53. The zero-order valence-electron chi connectivity index (χ0n) is 13.6. The summed E-state index contributed by atoms with van der Waals surface area (Å²) in [5, 5.41) is 6.67. The van der Waals surface area contributed by atoms with Gasteiger partial charge in [-0.25, -0.2) is 4.98 Å². The fourth-order valence-corrected chi connectivity index (χ4v) is 4.15. The van der Waals surface area contributed by atoms with E-state index < -0.39 is 0 Å². The van der Waals surface area contributed by atoms with Crippen LogP contribution in [0.5, 0.6) is 0 Å². The van der Waals surface area contributed by atoms with Gasteiger partial charge in [0.15, 0.2) is 0 Å². The minimum Gasteiger partial charge on any atom is -0.350 e. The van der Waals surface area contributed by atoms with E-state index in [-0.39, 0.29) is 5.91 Å². The molecule has 2 fully saturated rings. The zero-order valence-corrected chi connectivity index (χ0v) is 13.6. The highest BCUT2D eigenvalue weighted by molar-refractivity contribution is 5.76. The monoisotopic (exact) mass is 312 g/mol. The highest BCUT2D eigenvalue weighted by Crippen LogP contribution is 2.32. The summed E-state index contributed by atoms with van der Waals surface area (Å²) < 4.78 is 2.06. The highest BCUT2D eigenvalue weighted by atomic mass is 16.1. The van der Waals surface area contributed by atoms with E-state index in [1.807, 2.05) is 18.3 Å². The fraction of sp³-hybridized carbons (Fsp3) is 0.556. The molecule has 2 aliphatic heterocycles. The Bertz CT molecular complexity index is 711. The number of amides is 1. The van der Waals surface area contributed by atoms with Crippen molar-refractivity contribution in [1.29, 1.82) is 0 Å². The largest absolute Gasteiger partial charge is 0.350 e. The lowest BCUT2D eigenvalue weighted by molar-refractivity contribution is -0.122. The summed E-state index contributed by atoms with van der Waals surface area (Å²) in [7, 11) is 0. The first-order valence-corrected chi connectivity index (χ1v) is 8.64. The first-order valence-electron chi connectivity index (χ1n) is 8.64. The highest BCUT2D eigenvalue weighted by Gasteiger charge is 2.34. The number of hydrogen-bond donors (Lipinski definition) is 2. The lowest BCUT2D eigenvalue weighted by Crippen LogP contribution is -2.39. The molecule has 4 heterocycles. The van der Waals surface area contributed by atoms with Crippen LogP contribution in [0.25, 0.3) is 5.65 Å². The number of piperidine rings is 1. The fourth-order valence-electron chi connectivity index (χ4n) is 4.15. The molecule has 2 aromatic rings. The number of nitrogens with zero attached hydrogens (tertiary/aromatic N) is 2. The second kappa shape index (κ2) is 5.96. The number of carbonyl (C=O) groups is 1. The van der Waals surface area contributed by atoms with E-state index >= 15 is 0 Å². The van der Waals surface area contributed by atoms with E-state index in [1.54, 1.807) is 0 Å². The van der Waals surface area contributed by atoms with Gasteiger partial charge in [-0.3, -0.25) is 4.79 Å². The van der Waals surface area contributed by atoms with Crippen molar-refractivity contribution in [1.82, 2.24) is 20.0 Å². The van der Waals surface area contributed by atoms with Crippen LogP contribution in [0.2, 0.25) is 0 Å². The Kier molecular flexibility index (Phi) is 3.81. The molecule has 2 N–H and O–H groups in total. The number of pyridine rings is 1. The number of aromatic nitrogens is 2. The van der Waals surface area contributed by atoms with Crippen molar-refractivity contribution in [3.05, 3.63) is 35.8 Å². The molecular weight excluding hydrogens is 288 g/mol. The van der Waals surface area contributed by atoms with E-state index in [0.29, 0.717) is 31.0 Å². The Morgan fingerprint density at radius 3 is 2.87 bits per heavy atom. The van der Waals surface area contributed by atoms with Crippen LogP contribution in [-0.4, -0.2) is 27.4 Å². The Balaban J connectivity index is 1.33. The molecule has 5 nitrogen and oxygen atoms in total. The molecular formula is C18H24N4O. The van der Waals surface area contributed by atoms with E-state index in [9.17, 15) is 4.79 Å². The van der Waals surface area contributed by atoms with Gasteiger partial charge in [0.25, 0.3) is 0 Å². The molecule has 2 atom stereocenters. The molecule has 2 bridgehead atoms. The van der Waals surface area contributed by atoms with Crippen LogP contribution in [0, 0.1) is 12.8 Å². The molecule has 122 valence electrons. The number of imidazole rings is 1. The molecule has 2 aromatic heterocycles. The molecule has 0 aliphatic carbocycles. The number of aryl methyl sites for hydroxylation is 1. The molecule has 4 rings (SSSR count). The zero-order chi connectivity index (χ0) is 15.8. The van der Waals surface area contributed by atoms with Crippen molar-refractivity contribution in [3.8, 4) is 0 Å². The van der Waals surface area contributed by atoms with Crippen molar-refractivity contribution in [3.63, 3.8) is 0 Å².